The molecule has 0 saturated carbocycles. The van der Waals surface area contributed by atoms with E-state index in [0.29, 0.717) is 20.2 Å². The number of fused-ring (bicyclic) bond motifs is 3. The molecule has 0 spiro atoms. The number of phenolic OH excluding ortho intramolecular Hbond substituents is 3. The average molecular weight is 1110 g/mol. The summed E-state index contributed by atoms with van der Waals surface area (Å²) in [4.78, 5) is 6.92. The fourth-order valence-corrected chi connectivity index (χ4v) is 11.7. The van der Waals surface area contributed by atoms with Crippen LogP contribution in [0.25, 0.3) is 0 Å². The molecular weight excluding hydrogens is 1040 g/mol. The third-order valence-corrected chi connectivity index (χ3v) is 16.6. The lowest BCUT2D eigenvalue weighted by molar-refractivity contribution is 0.288. The van der Waals surface area contributed by atoms with Crippen molar-refractivity contribution in [1.82, 2.24) is 0 Å². The summed E-state index contributed by atoms with van der Waals surface area (Å²) in [5, 5.41) is 28.7. The fourth-order valence-electron chi connectivity index (χ4n) is 11.7. The van der Waals surface area contributed by atoms with Gasteiger partial charge in [-0.3, -0.25) is 0 Å². The van der Waals surface area contributed by atoms with Gasteiger partial charge in [-0.05, 0) is 219 Å². The van der Waals surface area contributed by atoms with Crippen LogP contribution >= 0.6 is 0 Å². The second-order valence-electron chi connectivity index (χ2n) is 22.7. The van der Waals surface area contributed by atoms with Crippen LogP contribution in [0.4, 0.5) is 22.7 Å². The molecule has 0 bridgehead atoms. The van der Waals surface area contributed by atoms with Crippen LogP contribution in [-0.2, 0) is 30.5 Å². The smallest absolute Gasteiger partial charge is 0.161 e. The molecule has 0 amide bonds. The van der Waals surface area contributed by atoms with Crippen LogP contribution in [0, 0.1) is 27.7 Å². The van der Waals surface area contributed by atoms with Crippen molar-refractivity contribution in [2.75, 3.05) is 40.6 Å². The summed E-state index contributed by atoms with van der Waals surface area (Å²) in [5.74, 6) is 3.48. The van der Waals surface area contributed by atoms with Crippen LogP contribution < -0.4 is 34.6 Å². The average Bonchev–Trinajstić information content (AvgIpc) is 1.25. The minimum absolute atomic E-state index is 0.215. The SMILES string of the molecule is CC(c1ccc(O)cc1)(c1ccc(O)cc1)c1ccc(O)cc1.Cc1cccc(N)c1.Cc1cccc(N2COc3ccc(C(C)(c4ccc5c(c4)CN(c4cccc(C)c4)CO5)c4ccc5c(c4)CN(c4cccc(C)c4)CO5)cc3C2)c1. The van der Waals surface area contributed by atoms with E-state index in [9.17, 15) is 15.3 Å². The molecule has 5 N–H and O–H groups in total. The molecule has 3 aliphatic heterocycles. The topological polar surface area (TPSA) is 124 Å². The Kier molecular flexibility index (Phi) is 16.0. The molecule has 13 rings (SSSR count). The number of nitrogen functional groups attached to an aromatic ring is 1. The highest BCUT2D eigenvalue weighted by Gasteiger charge is 2.36. The van der Waals surface area contributed by atoms with E-state index in [1.165, 1.54) is 72.7 Å². The Morgan fingerprint density at radius 1 is 0.333 bits per heavy atom. The summed E-state index contributed by atoms with van der Waals surface area (Å²) in [5.41, 5.74) is 24.0. The van der Waals surface area contributed by atoms with Gasteiger partial charge in [0.2, 0.25) is 0 Å². The molecule has 0 atom stereocenters. The Labute approximate surface area is 493 Å². The number of phenols is 3. The van der Waals surface area contributed by atoms with Crippen molar-refractivity contribution in [3.8, 4) is 34.5 Å². The normalized spacial score (nSPS) is 13.5. The van der Waals surface area contributed by atoms with E-state index in [4.69, 9.17) is 19.9 Å². The lowest BCUT2D eigenvalue weighted by atomic mass is 9.70. The zero-order valence-corrected chi connectivity index (χ0v) is 48.6. The van der Waals surface area contributed by atoms with Gasteiger partial charge in [-0.2, -0.15) is 0 Å². The maximum Gasteiger partial charge on any atom is 0.161 e. The van der Waals surface area contributed by atoms with Gasteiger partial charge in [0.25, 0.3) is 0 Å². The van der Waals surface area contributed by atoms with Crippen molar-refractivity contribution >= 4 is 22.7 Å². The quantitative estimate of drug-likeness (QED) is 0.0820. The third-order valence-electron chi connectivity index (χ3n) is 16.6. The van der Waals surface area contributed by atoms with Crippen molar-refractivity contribution in [3.05, 3.63) is 297 Å². The number of hydrogen-bond acceptors (Lipinski definition) is 10. The first-order chi connectivity index (χ1) is 40.6. The molecule has 10 aromatic rings. The van der Waals surface area contributed by atoms with E-state index >= 15 is 0 Å². The van der Waals surface area contributed by atoms with Crippen molar-refractivity contribution in [3.63, 3.8) is 0 Å². The van der Waals surface area contributed by atoms with Crippen molar-refractivity contribution in [2.24, 2.45) is 0 Å². The molecule has 0 unspecified atom stereocenters. The van der Waals surface area contributed by atoms with Gasteiger partial charge in [-0.1, -0.05) is 103 Å². The largest absolute Gasteiger partial charge is 0.508 e. The molecule has 84 heavy (non-hydrogen) atoms. The molecular formula is C74H72N4O6. The van der Waals surface area contributed by atoms with Crippen LogP contribution in [0.2, 0.25) is 0 Å². The minimum atomic E-state index is -0.498. The molecule has 3 heterocycles. The van der Waals surface area contributed by atoms with E-state index < -0.39 is 10.8 Å². The number of benzene rings is 10. The summed E-state index contributed by atoms with van der Waals surface area (Å²) in [6, 6.07) is 75.4. The standard InChI is InChI=1S/C47H45N3O3.C20H18O3.C7H9N/c1-32-8-5-11-41(20-32)48-26-35-23-38(14-17-44(35)51-29-48)47(4,39-15-18-45-36(24-39)27-49(30-52-45)42-12-6-9-33(2)21-42)40-16-19-46-37(25-40)28-50(31-53-46)43-13-7-10-34(3)22-43;1-20(14-2-8-17(21)9-3-14,15-4-10-18(22)11-5-15)16-6-12-19(23)13-7-16;1-6-3-2-4-7(8)5-6/h5-25H,26-31H2,1-4H3;2-13,21-23H,1H3;2-5H,8H2,1H3. The Morgan fingerprint density at radius 3 is 0.881 bits per heavy atom. The molecule has 0 saturated heterocycles. The molecule has 10 heteroatoms. The third kappa shape index (κ3) is 12.1. The zero-order chi connectivity index (χ0) is 58.5. The highest BCUT2D eigenvalue weighted by molar-refractivity contribution is 5.61. The summed E-state index contributed by atoms with van der Waals surface area (Å²) >= 11 is 0. The molecule has 0 radical (unpaired) electrons. The molecule has 0 aliphatic carbocycles. The molecule has 10 nitrogen and oxygen atoms in total. The Morgan fingerprint density at radius 2 is 0.607 bits per heavy atom. The van der Waals surface area contributed by atoms with Gasteiger partial charge in [0.15, 0.2) is 20.2 Å². The molecule has 0 fully saturated rings. The van der Waals surface area contributed by atoms with Gasteiger partial charge < -0.3 is 50.0 Å². The van der Waals surface area contributed by atoms with E-state index in [1.807, 2.05) is 67.6 Å². The van der Waals surface area contributed by atoms with Gasteiger partial charge in [0, 0.05) is 69.9 Å². The summed E-state index contributed by atoms with van der Waals surface area (Å²) in [7, 11) is 0. The number of nitrogens with zero attached hydrogens (tertiary/aromatic N) is 3. The number of anilines is 4. The van der Waals surface area contributed by atoms with E-state index in [0.717, 1.165) is 59.3 Å². The number of rotatable bonds is 9. The second-order valence-corrected chi connectivity index (χ2v) is 22.7. The first kappa shape index (κ1) is 56.1. The van der Waals surface area contributed by atoms with Crippen LogP contribution in [0.5, 0.6) is 34.5 Å². The van der Waals surface area contributed by atoms with Gasteiger partial charge >= 0.3 is 0 Å². The maximum absolute atomic E-state index is 9.57. The fraction of sp³-hybridized carbons (Fsp3) is 0.189. The number of aryl methyl sites for hydroxylation is 4. The second kappa shape index (κ2) is 24.0. The van der Waals surface area contributed by atoms with E-state index in [-0.39, 0.29) is 17.2 Å². The molecule has 424 valence electrons. The van der Waals surface area contributed by atoms with Crippen LogP contribution in [-0.4, -0.2) is 35.5 Å². The number of hydrogen-bond donors (Lipinski definition) is 4. The van der Waals surface area contributed by atoms with Gasteiger partial charge in [0.05, 0.1) is 0 Å². The van der Waals surface area contributed by atoms with Crippen molar-refractivity contribution < 1.29 is 29.5 Å². The number of nitrogens with two attached hydrogens (primary N) is 1. The summed E-state index contributed by atoms with van der Waals surface area (Å²) in [6.07, 6.45) is 0. The highest BCUT2D eigenvalue weighted by atomic mass is 16.5. The van der Waals surface area contributed by atoms with Crippen molar-refractivity contribution in [2.45, 2.75) is 72.0 Å². The Bertz CT molecular complexity index is 3550. The van der Waals surface area contributed by atoms with Crippen molar-refractivity contribution in [1.29, 1.82) is 0 Å². The lowest BCUT2D eigenvalue weighted by Crippen LogP contribution is -2.34. The van der Waals surface area contributed by atoms with Gasteiger partial charge in [0.1, 0.15) is 34.5 Å². The highest BCUT2D eigenvalue weighted by Crippen LogP contribution is 2.46. The van der Waals surface area contributed by atoms with Gasteiger partial charge in [-0.25, -0.2) is 0 Å². The first-order valence-corrected chi connectivity index (χ1v) is 28.5. The van der Waals surface area contributed by atoms with Crippen LogP contribution in [0.15, 0.2) is 224 Å². The first-order valence-electron chi connectivity index (χ1n) is 28.5. The molecule has 3 aliphatic rings. The Balaban J connectivity index is 0.000000194. The zero-order valence-electron chi connectivity index (χ0n) is 48.6. The predicted octanol–water partition coefficient (Wildman–Crippen LogP) is 15.8. The number of aromatic hydroxyl groups is 3. The Hall–Kier alpha value is -9.80. The summed E-state index contributed by atoms with van der Waals surface area (Å²) in [6.45, 7) is 16.8. The van der Waals surface area contributed by atoms with Gasteiger partial charge in [-0.15, -0.1) is 0 Å². The lowest BCUT2D eigenvalue weighted by Gasteiger charge is -2.37. The summed E-state index contributed by atoms with van der Waals surface area (Å²) < 4.78 is 19.1. The van der Waals surface area contributed by atoms with Crippen LogP contribution in [0.1, 0.15) is 86.2 Å². The number of ether oxygens (including phenoxy) is 3. The maximum atomic E-state index is 9.57. The monoisotopic (exact) mass is 1110 g/mol. The van der Waals surface area contributed by atoms with E-state index in [2.05, 4.69) is 177 Å². The van der Waals surface area contributed by atoms with E-state index in [1.54, 1.807) is 36.4 Å². The predicted molar refractivity (Wildman–Crippen MR) is 339 cm³/mol. The molecule has 0 aromatic heterocycles. The minimum Gasteiger partial charge on any atom is -0.508 e. The van der Waals surface area contributed by atoms with Crippen LogP contribution in [0.3, 0.4) is 0 Å². The molecule has 10 aromatic carbocycles.